The normalized spacial score (nSPS) is 10.8. The maximum Gasteiger partial charge on any atom is 0.673 e. The number of nitrogens with one attached hydrogen (secondary N) is 1. The molecule has 0 bridgehead atoms. The van der Waals surface area contributed by atoms with Crippen molar-refractivity contribution in [3.8, 4) is 0 Å². The predicted octanol–water partition coefficient (Wildman–Crippen LogP) is 2.48. The van der Waals surface area contributed by atoms with Gasteiger partial charge in [-0.05, 0) is 6.42 Å². The standard InChI is InChI=1S/C8H14N2.BF4/c1-3-4-5-8-9-6-7-10(8)2;2-1(3,4)5/h6-7H,3-5H2,1-2H3;/q;-1/p+1. The molecule has 15 heavy (non-hydrogen) atoms. The van der Waals surface area contributed by atoms with Crippen LogP contribution in [0.3, 0.4) is 0 Å². The number of hydrogen-bond donors (Lipinski definition) is 0. The summed E-state index contributed by atoms with van der Waals surface area (Å²) in [6.07, 6.45) is 7.73. The van der Waals surface area contributed by atoms with Crippen molar-refractivity contribution < 1.29 is 22.2 Å². The van der Waals surface area contributed by atoms with Crippen LogP contribution in [0.2, 0.25) is 0 Å². The first kappa shape index (κ1) is 14.0. The largest absolute Gasteiger partial charge is 0.673 e. The number of aromatic amines is 1. The van der Waals surface area contributed by atoms with E-state index in [9.17, 15) is 17.3 Å². The Labute approximate surface area is 86.4 Å². The average molecular weight is 226 g/mol. The summed E-state index contributed by atoms with van der Waals surface area (Å²) in [5.41, 5.74) is 0. The minimum Gasteiger partial charge on any atom is -0.418 e. The Morgan fingerprint density at radius 1 is 1.33 bits per heavy atom. The molecule has 0 saturated heterocycles. The van der Waals surface area contributed by atoms with Gasteiger partial charge < -0.3 is 17.3 Å². The number of hydrogen-bond acceptors (Lipinski definition) is 0. The highest BCUT2D eigenvalue weighted by molar-refractivity contribution is 6.50. The van der Waals surface area contributed by atoms with E-state index in [2.05, 4.69) is 23.5 Å². The van der Waals surface area contributed by atoms with Gasteiger partial charge in [0.25, 0.3) is 5.82 Å². The summed E-state index contributed by atoms with van der Waals surface area (Å²) >= 11 is 0. The van der Waals surface area contributed by atoms with Gasteiger partial charge in [0.1, 0.15) is 12.4 Å². The van der Waals surface area contributed by atoms with Crippen LogP contribution < -0.4 is 4.98 Å². The molecule has 0 radical (unpaired) electrons. The van der Waals surface area contributed by atoms with Crippen molar-refractivity contribution >= 4 is 7.25 Å². The Balaban J connectivity index is 0.000000336. The van der Waals surface area contributed by atoms with Crippen LogP contribution in [-0.4, -0.2) is 11.8 Å². The summed E-state index contributed by atoms with van der Waals surface area (Å²) < 4.78 is 41.1. The lowest BCUT2D eigenvalue weighted by Crippen LogP contribution is -2.09. The first-order chi connectivity index (χ1) is 6.84. The molecule has 0 aliphatic heterocycles. The maximum atomic E-state index is 9.75. The molecule has 0 atom stereocenters. The molecule has 1 aromatic heterocycles. The first-order valence-corrected chi connectivity index (χ1v) is 4.73. The van der Waals surface area contributed by atoms with Crippen molar-refractivity contribution in [1.82, 2.24) is 4.57 Å². The molecule has 0 fully saturated rings. The second-order valence-corrected chi connectivity index (χ2v) is 3.12. The molecule has 1 aromatic rings. The highest BCUT2D eigenvalue weighted by atomic mass is 19.5. The quantitative estimate of drug-likeness (QED) is 0.557. The van der Waals surface area contributed by atoms with Crippen molar-refractivity contribution in [2.24, 2.45) is 7.05 Å². The SMILES string of the molecule is CCCCc1[nH+]ccn1C.F[B-](F)(F)F. The summed E-state index contributed by atoms with van der Waals surface area (Å²) in [5, 5.41) is 0. The molecule has 7 heteroatoms. The monoisotopic (exact) mass is 226 g/mol. The van der Waals surface area contributed by atoms with Crippen LogP contribution in [0.4, 0.5) is 17.3 Å². The maximum absolute atomic E-state index is 9.75. The van der Waals surface area contributed by atoms with E-state index in [-0.39, 0.29) is 0 Å². The summed E-state index contributed by atoms with van der Waals surface area (Å²) in [7, 11) is -3.93. The average Bonchev–Trinajstić information content (AvgIpc) is 2.45. The molecule has 88 valence electrons. The minimum atomic E-state index is -6.00. The summed E-state index contributed by atoms with van der Waals surface area (Å²) in [5.74, 6) is 1.32. The van der Waals surface area contributed by atoms with Gasteiger partial charge in [0.05, 0.1) is 7.05 Å². The second-order valence-electron chi connectivity index (χ2n) is 3.12. The van der Waals surface area contributed by atoms with Crippen molar-refractivity contribution in [2.75, 3.05) is 0 Å². The highest BCUT2D eigenvalue weighted by Crippen LogP contribution is 2.06. The Morgan fingerprint density at radius 3 is 2.20 bits per heavy atom. The number of rotatable bonds is 3. The highest BCUT2D eigenvalue weighted by Gasteiger charge is 2.20. The third-order valence-corrected chi connectivity index (χ3v) is 1.74. The van der Waals surface area contributed by atoms with Gasteiger partial charge in [-0.2, -0.15) is 0 Å². The van der Waals surface area contributed by atoms with E-state index in [1.165, 1.54) is 25.1 Å². The molecule has 0 saturated carbocycles. The summed E-state index contributed by atoms with van der Waals surface area (Å²) in [4.78, 5) is 3.20. The van der Waals surface area contributed by atoms with Crippen LogP contribution in [0.1, 0.15) is 25.6 Å². The fraction of sp³-hybridized carbons (Fsp3) is 0.625. The lowest BCUT2D eigenvalue weighted by atomic mass is 10.2. The number of H-pyrrole nitrogens is 1. The zero-order valence-electron chi connectivity index (χ0n) is 8.81. The van der Waals surface area contributed by atoms with Crippen LogP contribution in [0.25, 0.3) is 0 Å². The molecule has 0 aliphatic carbocycles. The molecule has 0 amide bonds. The Morgan fingerprint density at radius 2 is 1.87 bits per heavy atom. The molecule has 2 nitrogen and oxygen atoms in total. The summed E-state index contributed by atoms with van der Waals surface area (Å²) in [6.45, 7) is 2.21. The lowest BCUT2D eigenvalue weighted by Gasteiger charge is -1.94. The number of imidazole rings is 1. The topological polar surface area (TPSA) is 19.1 Å². The number of unbranched alkanes of at least 4 members (excludes halogenated alkanes) is 1. The predicted molar refractivity (Wildman–Crippen MR) is 50.8 cm³/mol. The molecule has 0 aromatic carbocycles. The fourth-order valence-corrected chi connectivity index (χ4v) is 1.03. The van der Waals surface area contributed by atoms with E-state index < -0.39 is 7.25 Å². The van der Waals surface area contributed by atoms with Gasteiger partial charge in [0.2, 0.25) is 0 Å². The smallest absolute Gasteiger partial charge is 0.418 e. The van der Waals surface area contributed by atoms with Crippen molar-refractivity contribution in [3.63, 3.8) is 0 Å². The molecule has 0 aliphatic rings. The third-order valence-electron chi connectivity index (χ3n) is 1.74. The fourth-order valence-electron chi connectivity index (χ4n) is 1.03. The molecular formula is C8H15BF4N2. The van der Waals surface area contributed by atoms with Crippen molar-refractivity contribution in [3.05, 3.63) is 18.2 Å². The van der Waals surface area contributed by atoms with Gasteiger partial charge in [-0.3, -0.25) is 0 Å². The van der Waals surface area contributed by atoms with Crippen LogP contribution in [0.15, 0.2) is 12.4 Å². The molecular weight excluding hydrogens is 211 g/mol. The molecule has 0 spiro atoms. The Kier molecular flexibility index (Phi) is 6.04. The van der Waals surface area contributed by atoms with Crippen LogP contribution in [0.5, 0.6) is 0 Å². The molecule has 1 heterocycles. The van der Waals surface area contributed by atoms with Gasteiger partial charge >= 0.3 is 7.25 Å². The van der Waals surface area contributed by atoms with Crippen LogP contribution >= 0.6 is 0 Å². The zero-order chi connectivity index (χ0) is 11.9. The number of nitrogens with zero attached hydrogens (tertiary/aromatic N) is 1. The Hall–Kier alpha value is -1.01. The second kappa shape index (κ2) is 6.47. The Bertz CT molecular complexity index is 266. The zero-order valence-corrected chi connectivity index (χ0v) is 8.81. The van der Waals surface area contributed by atoms with E-state index in [1.807, 2.05) is 12.4 Å². The van der Waals surface area contributed by atoms with E-state index >= 15 is 0 Å². The van der Waals surface area contributed by atoms with E-state index in [0.29, 0.717) is 0 Å². The van der Waals surface area contributed by atoms with E-state index in [4.69, 9.17) is 0 Å². The van der Waals surface area contributed by atoms with Crippen molar-refractivity contribution in [2.45, 2.75) is 26.2 Å². The molecule has 1 rings (SSSR count). The van der Waals surface area contributed by atoms with Crippen molar-refractivity contribution in [1.29, 1.82) is 0 Å². The molecule has 1 N–H and O–H groups in total. The van der Waals surface area contributed by atoms with E-state index in [0.717, 1.165) is 0 Å². The summed E-state index contributed by atoms with van der Waals surface area (Å²) in [6, 6.07) is 0. The molecule has 0 unspecified atom stereocenters. The van der Waals surface area contributed by atoms with Gasteiger partial charge in [-0.1, -0.05) is 13.3 Å². The lowest BCUT2D eigenvalue weighted by molar-refractivity contribution is -0.390. The number of halogens is 4. The third kappa shape index (κ3) is 9.30. The van der Waals surface area contributed by atoms with Gasteiger partial charge in [-0.25, -0.2) is 9.55 Å². The van der Waals surface area contributed by atoms with Gasteiger partial charge in [0.15, 0.2) is 0 Å². The number of aromatic nitrogens is 2. The minimum absolute atomic E-state index is 1.17. The van der Waals surface area contributed by atoms with Crippen LogP contribution in [0, 0.1) is 0 Å². The van der Waals surface area contributed by atoms with Crippen LogP contribution in [-0.2, 0) is 13.5 Å². The van der Waals surface area contributed by atoms with Gasteiger partial charge in [-0.15, -0.1) is 0 Å². The number of aryl methyl sites for hydroxylation is 2. The van der Waals surface area contributed by atoms with Gasteiger partial charge in [0, 0.05) is 6.42 Å². The first-order valence-electron chi connectivity index (χ1n) is 4.73. The van der Waals surface area contributed by atoms with E-state index in [1.54, 1.807) is 0 Å².